The van der Waals surface area contributed by atoms with Crippen molar-refractivity contribution in [3.05, 3.63) is 23.0 Å². The molecule has 0 saturated heterocycles. The summed E-state index contributed by atoms with van der Waals surface area (Å²) in [6.45, 7) is 4.40. The quantitative estimate of drug-likeness (QED) is 0.787. The summed E-state index contributed by atoms with van der Waals surface area (Å²) in [5.41, 5.74) is 2.20. The van der Waals surface area contributed by atoms with Crippen LogP contribution in [0.1, 0.15) is 38.2 Å². The summed E-state index contributed by atoms with van der Waals surface area (Å²) in [5, 5.41) is 4.14. The van der Waals surface area contributed by atoms with Gasteiger partial charge in [0.25, 0.3) is 0 Å². The minimum Gasteiger partial charge on any atom is -0.380 e. The number of halogens is 1. The Bertz CT molecular complexity index is 337. The molecule has 0 atom stereocenters. The molecule has 1 aromatic heterocycles. The number of pyridine rings is 1. The van der Waals surface area contributed by atoms with Crippen LogP contribution >= 0.6 is 11.6 Å². The standard InChI is InChI=1S/C13H19ClN2/c1-9-3-5-11(6-4-9)16-12-10(2)7-8-15-13(12)14/h7-9,11,16H,3-6H2,1-2H3. The molecule has 0 radical (unpaired) electrons. The highest BCUT2D eigenvalue weighted by Crippen LogP contribution is 2.29. The van der Waals surface area contributed by atoms with Crippen LogP contribution in [0.5, 0.6) is 0 Å². The van der Waals surface area contributed by atoms with Gasteiger partial charge in [0.1, 0.15) is 0 Å². The normalized spacial score (nSPS) is 25.4. The van der Waals surface area contributed by atoms with Crippen LogP contribution in [-0.4, -0.2) is 11.0 Å². The van der Waals surface area contributed by atoms with Gasteiger partial charge in [-0.15, -0.1) is 0 Å². The van der Waals surface area contributed by atoms with Gasteiger partial charge in [-0.05, 0) is 50.2 Å². The average Bonchev–Trinajstić information content (AvgIpc) is 2.26. The number of nitrogens with one attached hydrogen (secondary N) is 1. The van der Waals surface area contributed by atoms with E-state index in [0.29, 0.717) is 11.2 Å². The van der Waals surface area contributed by atoms with E-state index < -0.39 is 0 Å². The van der Waals surface area contributed by atoms with Gasteiger partial charge in [0.15, 0.2) is 5.15 Å². The van der Waals surface area contributed by atoms with E-state index in [-0.39, 0.29) is 0 Å². The molecule has 0 unspecified atom stereocenters. The number of hydrogen-bond donors (Lipinski definition) is 1. The Morgan fingerprint density at radius 3 is 2.62 bits per heavy atom. The minimum absolute atomic E-state index is 0.566. The van der Waals surface area contributed by atoms with Gasteiger partial charge < -0.3 is 5.32 Å². The number of aryl methyl sites for hydroxylation is 1. The molecule has 0 aliphatic heterocycles. The van der Waals surface area contributed by atoms with Crippen molar-refractivity contribution >= 4 is 17.3 Å². The molecule has 1 saturated carbocycles. The van der Waals surface area contributed by atoms with Crippen molar-refractivity contribution in [2.24, 2.45) is 5.92 Å². The lowest BCUT2D eigenvalue weighted by molar-refractivity contribution is 0.361. The topological polar surface area (TPSA) is 24.9 Å². The van der Waals surface area contributed by atoms with Crippen molar-refractivity contribution in [1.82, 2.24) is 4.98 Å². The second kappa shape index (κ2) is 5.05. The lowest BCUT2D eigenvalue weighted by atomic mass is 9.87. The minimum atomic E-state index is 0.566. The van der Waals surface area contributed by atoms with Crippen molar-refractivity contribution in [1.29, 1.82) is 0 Å². The van der Waals surface area contributed by atoms with Gasteiger partial charge in [-0.3, -0.25) is 0 Å². The first-order chi connectivity index (χ1) is 7.66. The Balaban J connectivity index is 2.04. The predicted octanol–water partition coefficient (Wildman–Crippen LogP) is 4.03. The smallest absolute Gasteiger partial charge is 0.152 e. The Kier molecular flexibility index (Phi) is 3.70. The molecule has 1 heterocycles. The molecule has 1 aromatic rings. The maximum absolute atomic E-state index is 6.10. The van der Waals surface area contributed by atoms with Crippen molar-refractivity contribution in [2.45, 2.75) is 45.6 Å². The molecule has 0 bridgehead atoms. The highest BCUT2D eigenvalue weighted by atomic mass is 35.5. The van der Waals surface area contributed by atoms with Crippen LogP contribution < -0.4 is 5.32 Å². The van der Waals surface area contributed by atoms with Crippen LogP contribution in [-0.2, 0) is 0 Å². The zero-order valence-corrected chi connectivity index (χ0v) is 10.7. The molecule has 16 heavy (non-hydrogen) atoms. The fraction of sp³-hybridized carbons (Fsp3) is 0.615. The molecule has 2 nitrogen and oxygen atoms in total. The van der Waals surface area contributed by atoms with E-state index in [4.69, 9.17) is 11.6 Å². The lowest BCUT2D eigenvalue weighted by Gasteiger charge is -2.28. The lowest BCUT2D eigenvalue weighted by Crippen LogP contribution is -2.25. The summed E-state index contributed by atoms with van der Waals surface area (Å²) in [4.78, 5) is 4.12. The molecule has 1 aliphatic rings. The van der Waals surface area contributed by atoms with Gasteiger partial charge in [0.2, 0.25) is 0 Å². The van der Waals surface area contributed by atoms with Gasteiger partial charge in [-0.1, -0.05) is 18.5 Å². The van der Waals surface area contributed by atoms with E-state index in [1.54, 1.807) is 6.20 Å². The summed E-state index contributed by atoms with van der Waals surface area (Å²) >= 11 is 6.10. The molecule has 88 valence electrons. The molecule has 1 N–H and O–H groups in total. The van der Waals surface area contributed by atoms with Gasteiger partial charge in [0.05, 0.1) is 5.69 Å². The maximum atomic E-state index is 6.10. The van der Waals surface area contributed by atoms with E-state index in [9.17, 15) is 0 Å². The molecule has 1 aliphatic carbocycles. The van der Waals surface area contributed by atoms with Crippen LogP contribution in [0.25, 0.3) is 0 Å². The third-order valence-electron chi connectivity index (χ3n) is 3.48. The predicted molar refractivity (Wildman–Crippen MR) is 69.0 cm³/mol. The summed E-state index contributed by atoms with van der Waals surface area (Å²) in [7, 11) is 0. The Hall–Kier alpha value is -0.760. The first-order valence-corrected chi connectivity index (χ1v) is 6.42. The van der Waals surface area contributed by atoms with Crippen LogP contribution in [0.3, 0.4) is 0 Å². The molecule has 0 amide bonds. The van der Waals surface area contributed by atoms with Crippen molar-refractivity contribution < 1.29 is 0 Å². The largest absolute Gasteiger partial charge is 0.380 e. The average molecular weight is 239 g/mol. The van der Waals surface area contributed by atoms with E-state index >= 15 is 0 Å². The van der Waals surface area contributed by atoms with E-state index in [2.05, 4.69) is 24.1 Å². The summed E-state index contributed by atoms with van der Waals surface area (Å²) in [6, 6.07) is 2.57. The monoisotopic (exact) mass is 238 g/mol. The number of anilines is 1. The summed E-state index contributed by atoms with van der Waals surface area (Å²) in [5.74, 6) is 0.878. The molecular formula is C13H19ClN2. The fourth-order valence-corrected chi connectivity index (χ4v) is 2.57. The van der Waals surface area contributed by atoms with Crippen LogP contribution in [0.15, 0.2) is 12.3 Å². The third-order valence-corrected chi connectivity index (χ3v) is 3.76. The van der Waals surface area contributed by atoms with E-state index in [1.807, 2.05) is 6.07 Å². The number of aromatic nitrogens is 1. The molecule has 1 fully saturated rings. The molecule has 2 rings (SSSR count). The van der Waals surface area contributed by atoms with E-state index in [1.165, 1.54) is 31.2 Å². The highest BCUT2D eigenvalue weighted by molar-refractivity contribution is 6.32. The Labute approximate surface area is 102 Å². The SMILES string of the molecule is Cc1ccnc(Cl)c1NC1CCC(C)CC1. The first kappa shape index (κ1) is 11.7. The van der Waals surface area contributed by atoms with Crippen LogP contribution in [0, 0.1) is 12.8 Å². The Morgan fingerprint density at radius 1 is 1.31 bits per heavy atom. The number of rotatable bonds is 2. The molecule has 3 heteroatoms. The highest BCUT2D eigenvalue weighted by Gasteiger charge is 2.19. The summed E-state index contributed by atoms with van der Waals surface area (Å²) < 4.78 is 0. The second-order valence-corrected chi connectivity index (χ2v) is 5.25. The van der Waals surface area contributed by atoms with Gasteiger partial charge >= 0.3 is 0 Å². The fourth-order valence-electron chi connectivity index (χ4n) is 2.31. The molecular weight excluding hydrogens is 220 g/mol. The van der Waals surface area contributed by atoms with Gasteiger partial charge in [-0.25, -0.2) is 4.98 Å². The first-order valence-electron chi connectivity index (χ1n) is 6.04. The molecule has 0 aromatic carbocycles. The Morgan fingerprint density at radius 2 is 2.00 bits per heavy atom. The van der Waals surface area contributed by atoms with Crippen molar-refractivity contribution in [3.8, 4) is 0 Å². The maximum Gasteiger partial charge on any atom is 0.152 e. The summed E-state index contributed by atoms with van der Waals surface area (Å²) in [6.07, 6.45) is 6.87. The third kappa shape index (κ3) is 2.67. The zero-order chi connectivity index (χ0) is 11.5. The molecule has 0 spiro atoms. The number of nitrogens with zero attached hydrogens (tertiary/aromatic N) is 1. The zero-order valence-electron chi connectivity index (χ0n) is 9.96. The number of hydrogen-bond acceptors (Lipinski definition) is 2. The van der Waals surface area contributed by atoms with Gasteiger partial charge in [0, 0.05) is 12.2 Å². The van der Waals surface area contributed by atoms with Crippen LogP contribution in [0.2, 0.25) is 5.15 Å². The van der Waals surface area contributed by atoms with E-state index in [0.717, 1.165) is 11.6 Å². The van der Waals surface area contributed by atoms with Crippen molar-refractivity contribution in [3.63, 3.8) is 0 Å². The van der Waals surface area contributed by atoms with Crippen LogP contribution in [0.4, 0.5) is 5.69 Å². The van der Waals surface area contributed by atoms with Crippen molar-refractivity contribution in [2.75, 3.05) is 5.32 Å². The second-order valence-electron chi connectivity index (χ2n) is 4.89. The van der Waals surface area contributed by atoms with Gasteiger partial charge in [-0.2, -0.15) is 0 Å².